The van der Waals surface area contributed by atoms with Crippen LogP contribution in [0, 0.1) is 12.7 Å². The van der Waals surface area contributed by atoms with Crippen LogP contribution in [0.25, 0.3) is 11.1 Å². The number of aryl methyl sites for hydroxylation is 1. The van der Waals surface area contributed by atoms with Crippen LogP contribution in [0.1, 0.15) is 35.2 Å². The number of carbonyl (C=O) groups excluding carboxylic acids is 1. The number of hydrogen-bond donors (Lipinski definition) is 1. The predicted octanol–water partition coefficient (Wildman–Crippen LogP) is 4.19. The maximum atomic E-state index is 14.7. The van der Waals surface area contributed by atoms with Gasteiger partial charge in [-0.15, -0.1) is 12.4 Å². The van der Waals surface area contributed by atoms with Gasteiger partial charge in [0.15, 0.2) is 0 Å². The first-order valence-electron chi connectivity index (χ1n) is 9.03. The molecule has 2 bridgehead atoms. The van der Waals surface area contributed by atoms with Crippen molar-refractivity contribution in [1.82, 2.24) is 10.2 Å². The van der Waals surface area contributed by atoms with Crippen LogP contribution in [-0.4, -0.2) is 36.0 Å². The van der Waals surface area contributed by atoms with Gasteiger partial charge in [0, 0.05) is 18.6 Å². The second-order valence-electron chi connectivity index (χ2n) is 7.15. The predicted molar refractivity (Wildman–Crippen MR) is 104 cm³/mol. The topological polar surface area (TPSA) is 32.3 Å². The fourth-order valence-electron chi connectivity index (χ4n) is 4.07. The lowest BCUT2D eigenvalue weighted by Crippen LogP contribution is -2.42. The lowest BCUT2D eigenvalue weighted by Gasteiger charge is -2.28. The normalized spacial score (nSPS) is 21.8. The summed E-state index contributed by atoms with van der Waals surface area (Å²) >= 11 is 0. The van der Waals surface area contributed by atoms with Crippen LogP contribution in [0.15, 0.2) is 42.5 Å². The summed E-state index contributed by atoms with van der Waals surface area (Å²) in [5, 5.41) is 3.38. The maximum absolute atomic E-state index is 14.7. The van der Waals surface area contributed by atoms with Crippen molar-refractivity contribution in [2.75, 3.05) is 13.1 Å². The Morgan fingerprint density at radius 1 is 1.04 bits per heavy atom. The van der Waals surface area contributed by atoms with Crippen molar-refractivity contribution >= 4 is 18.3 Å². The molecule has 2 aliphatic rings. The molecule has 1 amide bonds. The number of fused-ring (bicyclic) bond motifs is 2. The van der Waals surface area contributed by atoms with E-state index in [2.05, 4.69) is 5.32 Å². The van der Waals surface area contributed by atoms with E-state index >= 15 is 0 Å². The highest BCUT2D eigenvalue weighted by Crippen LogP contribution is 2.31. The van der Waals surface area contributed by atoms with Crippen molar-refractivity contribution in [2.24, 2.45) is 0 Å². The Morgan fingerprint density at radius 3 is 2.46 bits per heavy atom. The lowest BCUT2D eigenvalue weighted by atomic mass is 10.0. The molecule has 3 nitrogen and oxygen atoms in total. The van der Waals surface area contributed by atoms with Crippen molar-refractivity contribution in [3.05, 3.63) is 59.4 Å². The third-order valence-corrected chi connectivity index (χ3v) is 5.47. The first kappa shape index (κ1) is 18.9. The fourth-order valence-corrected chi connectivity index (χ4v) is 4.07. The van der Waals surface area contributed by atoms with E-state index in [9.17, 15) is 9.18 Å². The van der Waals surface area contributed by atoms with Gasteiger partial charge < -0.3 is 10.2 Å². The second-order valence-corrected chi connectivity index (χ2v) is 7.15. The third kappa shape index (κ3) is 3.49. The summed E-state index contributed by atoms with van der Waals surface area (Å²) in [6.07, 6.45) is 2.99. The minimum atomic E-state index is -0.431. The molecule has 0 spiro atoms. The lowest BCUT2D eigenvalue weighted by molar-refractivity contribution is 0.0675. The van der Waals surface area contributed by atoms with Crippen LogP contribution in [-0.2, 0) is 0 Å². The minimum absolute atomic E-state index is 0. The van der Waals surface area contributed by atoms with Crippen molar-refractivity contribution in [2.45, 2.75) is 38.3 Å². The average Bonchev–Trinajstić information content (AvgIpc) is 2.87. The molecule has 2 fully saturated rings. The summed E-state index contributed by atoms with van der Waals surface area (Å²) in [4.78, 5) is 14.9. The molecule has 0 aliphatic carbocycles. The van der Waals surface area contributed by atoms with E-state index in [-0.39, 0.29) is 36.0 Å². The Hall–Kier alpha value is -1.91. The molecular formula is C21H24ClFN2O. The van der Waals surface area contributed by atoms with E-state index in [4.69, 9.17) is 0 Å². The molecule has 2 heterocycles. The number of rotatable bonds is 2. The van der Waals surface area contributed by atoms with Gasteiger partial charge in [-0.1, -0.05) is 35.9 Å². The van der Waals surface area contributed by atoms with E-state index in [0.717, 1.165) is 43.5 Å². The van der Waals surface area contributed by atoms with Gasteiger partial charge in [-0.25, -0.2) is 4.39 Å². The van der Waals surface area contributed by atoms with Gasteiger partial charge in [0.2, 0.25) is 0 Å². The first-order valence-corrected chi connectivity index (χ1v) is 9.03. The van der Waals surface area contributed by atoms with Crippen molar-refractivity contribution in [1.29, 1.82) is 0 Å². The largest absolute Gasteiger partial charge is 0.331 e. The van der Waals surface area contributed by atoms with Crippen LogP contribution >= 0.6 is 12.4 Å². The maximum Gasteiger partial charge on any atom is 0.257 e. The zero-order valence-electron chi connectivity index (χ0n) is 14.9. The van der Waals surface area contributed by atoms with Crippen LogP contribution in [0.3, 0.4) is 0 Å². The minimum Gasteiger partial charge on any atom is -0.331 e. The summed E-state index contributed by atoms with van der Waals surface area (Å²) in [6, 6.07) is 13.4. The van der Waals surface area contributed by atoms with Crippen molar-refractivity contribution in [3.8, 4) is 11.1 Å². The van der Waals surface area contributed by atoms with E-state index in [1.165, 1.54) is 11.6 Å². The number of hydrogen-bond acceptors (Lipinski definition) is 2. The van der Waals surface area contributed by atoms with Gasteiger partial charge in [-0.2, -0.15) is 0 Å². The van der Waals surface area contributed by atoms with Gasteiger partial charge in [0.1, 0.15) is 5.82 Å². The average molecular weight is 375 g/mol. The highest BCUT2D eigenvalue weighted by Gasteiger charge is 2.39. The molecule has 2 atom stereocenters. The van der Waals surface area contributed by atoms with E-state index in [0.29, 0.717) is 0 Å². The standard InChI is InChI=1S/C21H23FN2O.ClH/c1-14-2-4-15(5-3-14)16-6-9-19(20(22)12-16)21(25)24-17-7-8-18(24)13-23-11-10-17;/h2-6,9,12,17-18,23H,7-8,10-11,13H2,1H3;1H. The smallest absolute Gasteiger partial charge is 0.257 e. The molecule has 0 aromatic heterocycles. The molecule has 138 valence electrons. The van der Waals surface area contributed by atoms with Crippen LogP contribution in [0.5, 0.6) is 0 Å². The highest BCUT2D eigenvalue weighted by molar-refractivity contribution is 5.95. The van der Waals surface area contributed by atoms with E-state index in [1.807, 2.05) is 42.2 Å². The summed E-state index contributed by atoms with van der Waals surface area (Å²) in [7, 11) is 0. The number of nitrogens with one attached hydrogen (secondary N) is 1. The first-order chi connectivity index (χ1) is 12.1. The molecule has 26 heavy (non-hydrogen) atoms. The molecular weight excluding hydrogens is 351 g/mol. The van der Waals surface area contributed by atoms with Gasteiger partial charge in [-0.3, -0.25) is 4.79 Å². The molecule has 4 rings (SSSR count). The Labute approximate surface area is 160 Å². The molecule has 2 aliphatic heterocycles. The Morgan fingerprint density at radius 2 is 1.73 bits per heavy atom. The monoisotopic (exact) mass is 374 g/mol. The van der Waals surface area contributed by atoms with Gasteiger partial charge in [0.25, 0.3) is 5.91 Å². The zero-order valence-corrected chi connectivity index (χ0v) is 15.7. The van der Waals surface area contributed by atoms with Gasteiger partial charge in [0.05, 0.1) is 5.56 Å². The molecule has 1 N–H and O–H groups in total. The summed E-state index contributed by atoms with van der Waals surface area (Å²) in [5.41, 5.74) is 3.12. The summed E-state index contributed by atoms with van der Waals surface area (Å²) < 4.78 is 14.7. The van der Waals surface area contributed by atoms with E-state index in [1.54, 1.807) is 6.07 Å². The number of amides is 1. The quantitative estimate of drug-likeness (QED) is 0.854. The molecule has 0 saturated carbocycles. The summed E-state index contributed by atoms with van der Waals surface area (Å²) in [6.45, 7) is 3.77. The Balaban J connectivity index is 0.00000196. The number of carbonyl (C=O) groups is 1. The fraction of sp³-hybridized carbons (Fsp3) is 0.381. The van der Waals surface area contributed by atoms with Crippen LogP contribution in [0.2, 0.25) is 0 Å². The molecule has 2 unspecified atom stereocenters. The molecule has 2 aromatic rings. The number of nitrogens with zero attached hydrogens (tertiary/aromatic N) is 1. The third-order valence-electron chi connectivity index (χ3n) is 5.47. The molecule has 5 heteroatoms. The Kier molecular flexibility index (Phi) is 5.64. The molecule has 2 saturated heterocycles. The zero-order chi connectivity index (χ0) is 17.4. The van der Waals surface area contributed by atoms with E-state index < -0.39 is 5.82 Å². The van der Waals surface area contributed by atoms with Crippen LogP contribution < -0.4 is 5.32 Å². The highest BCUT2D eigenvalue weighted by atomic mass is 35.5. The number of benzene rings is 2. The number of halogens is 2. The van der Waals surface area contributed by atoms with Crippen molar-refractivity contribution in [3.63, 3.8) is 0 Å². The van der Waals surface area contributed by atoms with Crippen molar-refractivity contribution < 1.29 is 9.18 Å². The summed E-state index contributed by atoms with van der Waals surface area (Å²) in [5.74, 6) is -0.594. The van der Waals surface area contributed by atoms with Crippen LogP contribution in [0.4, 0.5) is 4.39 Å². The molecule has 2 aromatic carbocycles. The van der Waals surface area contributed by atoms with Gasteiger partial charge in [-0.05, 0) is 56.0 Å². The Bertz CT molecular complexity index is 779. The molecule has 0 radical (unpaired) electrons. The second kappa shape index (κ2) is 7.77. The SMILES string of the molecule is Cc1ccc(-c2ccc(C(=O)N3C4CCNCC3CC4)c(F)c2)cc1.Cl. The van der Waals surface area contributed by atoms with Gasteiger partial charge >= 0.3 is 0 Å².